The first kappa shape index (κ1) is 20.0. The monoisotopic (exact) mass is 434 g/mol. The second-order valence-electron chi connectivity index (χ2n) is 5.32. The van der Waals surface area contributed by atoms with Gasteiger partial charge in [-0.15, -0.1) is 0 Å². The largest absolute Gasteiger partial charge is 0.478 e. The molecule has 0 saturated heterocycles. The van der Waals surface area contributed by atoms with Crippen molar-refractivity contribution in [2.75, 3.05) is 14.2 Å². The van der Waals surface area contributed by atoms with Crippen molar-refractivity contribution in [3.05, 3.63) is 29.4 Å². The molecule has 9 nitrogen and oxygen atoms in total. The molecule has 0 saturated carbocycles. The number of halogens is 3. The Morgan fingerprint density at radius 1 is 1.18 bits per heavy atom. The van der Waals surface area contributed by atoms with Crippen LogP contribution in [0.1, 0.15) is 0 Å². The number of benzene rings is 1. The third-order valence-electron chi connectivity index (χ3n) is 3.64. The molecule has 3 rings (SSSR count). The molecule has 0 amide bonds. The van der Waals surface area contributed by atoms with Crippen molar-refractivity contribution < 1.29 is 31.4 Å². The van der Waals surface area contributed by atoms with E-state index in [-0.39, 0.29) is 28.0 Å². The number of aromatic nitrogens is 3. The number of hydrogen-bond donors (Lipinski definition) is 1. The van der Waals surface area contributed by atoms with Crippen molar-refractivity contribution in [1.29, 1.82) is 0 Å². The zero-order valence-corrected chi connectivity index (χ0v) is 16.0. The van der Waals surface area contributed by atoms with E-state index >= 15 is 0 Å². The van der Waals surface area contributed by atoms with Crippen LogP contribution in [0.3, 0.4) is 0 Å². The molecule has 0 spiro atoms. The highest BCUT2D eigenvalue weighted by Crippen LogP contribution is 2.37. The zero-order valence-electron chi connectivity index (χ0n) is 14.4. The van der Waals surface area contributed by atoms with E-state index in [0.717, 1.165) is 0 Å². The maximum absolute atomic E-state index is 12.7. The summed E-state index contributed by atoms with van der Waals surface area (Å²) in [4.78, 5) is 7.82. The van der Waals surface area contributed by atoms with Gasteiger partial charge >= 0.3 is 6.61 Å². The third-order valence-corrected chi connectivity index (χ3v) is 4.81. The Morgan fingerprint density at radius 3 is 2.29 bits per heavy atom. The number of rotatable bonds is 6. The average molecular weight is 435 g/mol. The highest BCUT2D eigenvalue weighted by atomic mass is 35.5. The van der Waals surface area contributed by atoms with Crippen LogP contribution in [0.5, 0.6) is 17.5 Å². The molecule has 2 aromatic heterocycles. The fourth-order valence-corrected chi connectivity index (χ4v) is 3.43. The topological polar surface area (TPSA) is 119 Å². The van der Waals surface area contributed by atoms with Gasteiger partial charge in [0.2, 0.25) is 21.7 Å². The van der Waals surface area contributed by atoms with Crippen LogP contribution in [0.25, 0.3) is 16.9 Å². The van der Waals surface area contributed by atoms with Gasteiger partial charge in [0.05, 0.1) is 19.7 Å². The first-order valence-corrected chi connectivity index (χ1v) is 9.36. The number of nitrogens with zero attached hydrogens (tertiary/aromatic N) is 3. The van der Waals surface area contributed by atoms with Crippen molar-refractivity contribution in [3.8, 4) is 23.5 Å². The lowest BCUT2D eigenvalue weighted by molar-refractivity contribution is -0.0534. The lowest BCUT2D eigenvalue weighted by atomic mass is 10.2. The lowest BCUT2D eigenvalue weighted by Gasteiger charge is -2.14. The Kier molecular flexibility index (Phi) is 5.28. The van der Waals surface area contributed by atoms with Crippen LogP contribution in [0.4, 0.5) is 8.78 Å². The molecular weight excluding hydrogens is 422 g/mol. The number of nitrogens with two attached hydrogens (primary N) is 1. The Balaban J connectivity index is 2.32. The number of methoxy groups -OCH3 is 2. The Bertz CT molecular complexity index is 1130. The van der Waals surface area contributed by atoms with Gasteiger partial charge in [-0.05, 0) is 18.2 Å². The van der Waals surface area contributed by atoms with Gasteiger partial charge in [-0.25, -0.2) is 13.6 Å². The van der Waals surface area contributed by atoms with Gasteiger partial charge in [0.1, 0.15) is 4.90 Å². The van der Waals surface area contributed by atoms with E-state index in [4.69, 9.17) is 26.2 Å². The van der Waals surface area contributed by atoms with Gasteiger partial charge in [0.25, 0.3) is 11.8 Å². The molecule has 2 N–H and O–H groups in total. The summed E-state index contributed by atoms with van der Waals surface area (Å²) in [5.74, 6) is -1.34. The van der Waals surface area contributed by atoms with Crippen LogP contribution in [0.15, 0.2) is 29.3 Å². The molecule has 0 aliphatic carbocycles. The summed E-state index contributed by atoms with van der Waals surface area (Å²) in [6.07, 6.45) is 1.18. The molecule has 0 aliphatic heterocycles. The molecule has 0 atom stereocenters. The van der Waals surface area contributed by atoms with E-state index in [1.54, 1.807) is 0 Å². The lowest BCUT2D eigenvalue weighted by Crippen LogP contribution is -2.12. The van der Waals surface area contributed by atoms with Gasteiger partial charge < -0.3 is 14.2 Å². The highest BCUT2D eigenvalue weighted by Gasteiger charge is 2.24. The summed E-state index contributed by atoms with van der Waals surface area (Å²) in [6, 6.07) is 4.43. The van der Waals surface area contributed by atoms with Crippen molar-refractivity contribution in [2.24, 2.45) is 5.14 Å². The van der Waals surface area contributed by atoms with Crippen molar-refractivity contribution in [2.45, 2.75) is 11.5 Å². The number of fused-ring (bicyclic) bond motifs is 1. The van der Waals surface area contributed by atoms with Crippen LogP contribution in [0, 0.1) is 0 Å². The molecule has 150 valence electrons. The minimum absolute atomic E-state index is 0.141. The molecule has 3 aromatic rings. The van der Waals surface area contributed by atoms with E-state index < -0.39 is 22.4 Å². The average Bonchev–Trinajstić information content (AvgIpc) is 3.00. The molecule has 0 radical (unpaired) electrons. The quantitative estimate of drug-likeness (QED) is 0.632. The summed E-state index contributed by atoms with van der Waals surface area (Å²) < 4.78 is 64.8. The van der Waals surface area contributed by atoms with E-state index in [9.17, 15) is 17.2 Å². The molecule has 0 aliphatic rings. The molecule has 28 heavy (non-hydrogen) atoms. The molecule has 0 fully saturated rings. The van der Waals surface area contributed by atoms with Crippen LogP contribution in [0.2, 0.25) is 5.02 Å². The van der Waals surface area contributed by atoms with Gasteiger partial charge in [-0.3, -0.25) is 4.57 Å². The first-order chi connectivity index (χ1) is 13.2. The number of sulfonamides is 1. The van der Waals surface area contributed by atoms with Crippen molar-refractivity contribution in [3.63, 3.8) is 0 Å². The molecule has 13 heteroatoms. The van der Waals surface area contributed by atoms with Gasteiger partial charge in [-0.2, -0.15) is 18.7 Å². The van der Waals surface area contributed by atoms with Gasteiger partial charge in [0, 0.05) is 16.6 Å². The number of primary sulfonamides is 1. The summed E-state index contributed by atoms with van der Waals surface area (Å²) in [7, 11) is -1.72. The normalized spacial score (nSPS) is 11.8. The summed E-state index contributed by atoms with van der Waals surface area (Å²) >= 11 is 6.01. The molecular formula is C15H13ClF2N4O5S. The van der Waals surface area contributed by atoms with Crippen LogP contribution in [-0.2, 0) is 10.0 Å². The van der Waals surface area contributed by atoms with Gasteiger partial charge in [0.15, 0.2) is 0 Å². The first-order valence-electron chi connectivity index (χ1n) is 7.44. The maximum atomic E-state index is 12.7. The fraction of sp³-hybridized carbons (Fsp3) is 0.200. The van der Waals surface area contributed by atoms with Crippen LogP contribution in [-0.4, -0.2) is 43.8 Å². The molecule has 0 unspecified atom stereocenters. The van der Waals surface area contributed by atoms with E-state index in [1.165, 1.54) is 43.2 Å². The smallest absolute Gasteiger partial charge is 0.387 e. The third kappa shape index (κ3) is 3.66. The minimum atomic E-state index is -4.09. The number of ether oxygens (including phenoxy) is 3. The predicted octanol–water partition coefficient (Wildman–Crippen LogP) is 2.34. The van der Waals surface area contributed by atoms with Crippen molar-refractivity contribution >= 4 is 32.5 Å². The summed E-state index contributed by atoms with van der Waals surface area (Å²) in [5.41, 5.74) is 0.308. The van der Waals surface area contributed by atoms with Crippen LogP contribution < -0.4 is 19.3 Å². The predicted molar refractivity (Wildman–Crippen MR) is 95.0 cm³/mol. The van der Waals surface area contributed by atoms with E-state index in [0.29, 0.717) is 10.5 Å². The van der Waals surface area contributed by atoms with E-state index in [2.05, 4.69) is 14.7 Å². The Morgan fingerprint density at radius 2 is 1.79 bits per heavy atom. The zero-order chi connectivity index (χ0) is 20.6. The van der Waals surface area contributed by atoms with Crippen molar-refractivity contribution in [1.82, 2.24) is 14.5 Å². The summed E-state index contributed by atoms with van der Waals surface area (Å²) in [5, 5.41) is 5.85. The summed E-state index contributed by atoms with van der Waals surface area (Å²) in [6.45, 7) is -3.17. The van der Waals surface area contributed by atoms with Gasteiger partial charge in [-0.1, -0.05) is 11.6 Å². The fourth-order valence-electron chi connectivity index (χ4n) is 2.53. The second-order valence-corrected chi connectivity index (χ2v) is 7.29. The molecule has 0 bridgehead atoms. The SMILES string of the molecule is COc1nc(-n2cc(S(N)(=O)=O)c3ccc(Cl)cc32)nc(OC)c1OC(F)F. The minimum Gasteiger partial charge on any atom is -0.478 e. The van der Waals surface area contributed by atoms with E-state index in [1.807, 2.05) is 0 Å². The standard InChI is InChI=1S/C15H13ClF2N4O5S/c1-25-12-11(27-14(17)18)13(26-2)21-15(20-12)22-6-10(28(19,23)24)8-4-3-7(16)5-9(8)22/h3-6,14H,1-2H3,(H2,19,23,24). The Labute approximate surface area is 162 Å². The number of alkyl halides is 2. The Hall–Kier alpha value is -2.70. The molecule has 1 aromatic carbocycles. The number of hydrogen-bond acceptors (Lipinski definition) is 7. The van der Waals surface area contributed by atoms with Crippen LogP contribution >= 0.6 is 11.6 Å². The molecule has 2 heterocycles. The maximum Gasteiger partial charge on any atom is 0.387 e. The highest BCUT2D eigenvalue weighted by molar-refractivity contribution is 7.89. The second kappa shape index (κ2) is 7.37.